The highest BCUT2D eigenvalue weighted by atomic mass is 31.1. The largest absolute Gasteiger partial charge is 0.364 e. The molecule has 26 heavy (non-hydrogen) atoms. The molecule has 4 rings (SSSR count). The minimum atomic E-state index is -0.244. The Morgan fingerprint density at radius 3 is 1.88 bits per heavy atom. The second-order valence-electron chi connectivity index (χ2n) is 6.67. The zero-order valence-electron chi connectivity index (χ0n) is 15.4. The highest BCUT2D eigenvalue weighted by molar-refractivity contribution is 7.57. The Bertz CT molecular complexity index is 1090. The number of hydrogen-bond donors (Lipinski definition) is 1. The molecule has 4 aromatic carbocycles. The van der Waals surface area contributed by atoms with E-state index in [-0.39, 0.29) is 8.07 Å². The van der Waals surface area contributed by atoms with Gasteiger partial charge in [0.2, 0.25) is 0 Å². The third-order valence-corrected chi connectivity index (χ3v) is 6.36. The zero-order chi connectivity index (χ0) is 18.1. The van der Waals surface area contributed by atoms with Crippen molar-refractivity contribution >= 4 is 49.2 Å². The van der Waals surface area contributed by atoms with Gasteiger partial charge in [-0.3, -0.25) is 0 Å². The molecule has 0 heterocycles. The Morgan fingerprint density at radius 2 is 1.27 bits per heavy atom. The Labute approximate surface area is 158 Å². The molecule has 4 aromatic rings. The molecule has 1 N–H and O–H groups in total. The number of hydrogen-bond acceptors (Lipinski definition) is 1. The van der Waals surface area contributed by atoms with Gasteiger partial charge in [0, 0.05) is 11.3 Å². The number of fused-ring (bicyclic) bond motifs is 2. The second kappa shape index (κ2) is 7.36. The van der Waals surface area contributed by atoms with Crippen LogP contribution >= 0.6 is 16.7 Å². The molecule has 1 nitrogen and oxygen atoms in total. The number of benzene rings is 4. The van der Waals surface area contributed by atoms with E-state index < -0.39 is 0 Å². The van der Waals surface area contributed by atoms with Crippen LogP contribution in [-0.2, 0) is 0 Å². The molecule has 0 bridgehead atoms. The zero-order valence-corrected chi connectivity index (χ0v) is 17.3. The van der Waals surface area contributed by atoms with Crippen molar-refractivity contribution in [3.8, 4) is 11.1 Å². The first-order valence-electron chi connectivity index (χ1n) is 8.84. The fraction of sp³-hybridized carbons (Fsp3) is 0.130. The monoisotopic (exact) mass is 375 g/mol. The molecule has 0 saturated heterocycles. The van der Waals surface area contributed by atoms with Crippen LogP contribution in [0.1, 0.15) is 0 Å². The van der Waals surface area contributed by atoms with Crippen molar-refractivity contribution in [2.24, 2.45) is 0 Å². The molecule has 0 aliphatic carbocycles. The van der Waals surface area contributed by atoms with E-state index in [0.717, 1.165) is 8.58 Å². The Balaban J connectivity index is 2.16. The lowest BCUT2D eigenvalue weighted by molar-refractivity contribution is 1.68. The summed E-state index contributed by atoms with van der Waals surface area (Å²) in [6, 6.07) is 26.6. The summed E-state index contributed by atoms with van der Waals surface area (Å²) in [4.78, 5) is 0. The Hall–Kier alpha value is -1.94. The number of nitrogens with one attached hydrogen (secondary N) is 1. The molecular formula is C23H23NP2. The van der Waals surface area contributed by atoms with Gasteiger partial charge in [-0.2, -0.15) is 0 Å². The molecule has 0 aromatic heterocycles. The van der Waals surface area contributed by atoms with E-state index in [0.29, 0.717) is 0 Å². The van der Waals surface area contributed by atoms with Crippen LogP contribution in [0.5, 0.6) is 0 Å². The number of rotatable bonds is 4. The predicted octanol–water partition coefficient (Wildman–Crippen LogP) is 6.66. The summed E-state index contributed by atoms with van der Waals surface area (Å²) in [5.41, 5.74) is 3.98. The lowest BCUT2D eigenvalue weighted by atomic mass is 9.92. The summed E-state index contributed by atoms with van der Waals surface area (Å²) in [6.07, 6.45) is 0. The van der Waals surface area contributed by atoms with Crippen molar-refractivity contribution in [2.45, 2.75) is 0 Å². The van der Waals surface area contributed by atoms with Gasteiger partial charge in [0.1, 0.15) is 0 Å². The molecule has 0 aliphatic rings. The average molecular weight is 375 g/mol. The number of anilines is 1. The van der Waals surface area contributed by atoms with Crippen molar-refractivity contribution in [2.75, 3.05) is 25.1 Å². The fourth-order valence-corrected chi connectivity index (χ4v) is 5.05. The molecule has 0 spiro atoms. The third-order valence-electron chi connectivity index (χ3n) is 4.72. The van der Waals surface area contributed by atoms with E-state index in [4.69, 9.17) is 0 Å². The maximum absolute atomic E-state index is 3.75. The lowest BCUT2D eigenvalue weighted by Crippen LogP contribution is -2.03. The summed E-state index contributed by atoms with van der Waals surface area (Å²) in [5.74, 6) is 0. The smallest absolute Gasteiger partial charge is 0.0459 e. The van der Waals surface area contributed by atoms with Crippen molar-refractivity contribution in [3.05, 3.63) is 72.8 Å². The molecular weight excluding hydrogens is 352 g/mol. The van der Waals surface area contributed by atoms with Gasteiger partial charge < -0.3 is 5.09 Å². The lowest BCUT2D eigenvalue weighted by Gasteiger charge is -2.21. The minimum Gasteiger partial charge on any atom is -0.364 e. The standard InChI is InChI=1S/C23H23NP2/c1-25-21-15-13-17-9-5-7-11-19(17)23(21)22-18-10-6-4-8-16(18)12-14-20(22)24-26(2)3/h4-15,24-25H,1-3H3. The van der Waals surface area contributed by atoms with E-state index in [1.165, 1.54) is 43.7 Å². The molecule has 0 radical (unpaired) electrons. The van der Waals surface area contributed by atoms with E-state index in [1.54, 1.807) is 0 Å². The van der Waals surface area contributed by atoms with Gasteiger partial charge in [-0.25, -0.2) is 0 Å². The van der Waals surface area contributed by atoms with Gasteiger partial charge in [-0.05, 0) is 66.5 Å². The van der Waals surface area contributed by atoms with E-state index in [1.807, 2.05) is 0 Å². The van der Waals surface area contributed by atoms with Crippen LogP contribution in [-0.4, -0.2) is 20.0 Å². The minimum absolute atomic E-state index is 0.244. The summed E-state index contributed by atoms with van der Waals surface area (Å²) in [7, 11) is 0.515. The quantitative estimate of drug-likeness (QED) is 0.393. The van der Waals surface area contributed by atoms with E-state index in [9.17, 15) is 0 Å². The molecule has 130 valence electrons. The molecule has 0 fully saturated rings. The maximum Gasteiger partial charge on any atom is 0.0459 e. The topological polar surface area (TPSA) is 12.0 Å². The van der Waals surface area contributed by atoms with Crippen molar-refractivity contribution in [1.82, 2.24) is 0 Å². The van der Waals surface area contributed by atoms with Crippen LogP contribution in [0.3, 0.4) is 0 Å². The van der Waals surface area contributed by atoms with Gasteiger partial charge in [-0.1, -0.05) is 75.3 Å². The summed E-state index contributed by atoms with van der Waals surface area (Å²) < 4.78 is 0. The van der Waals surface area contributed by atoms with E-state index in [2.05, 4.69) is 97.9 Å². The van der Waals surface area contributed by atoms with Crippen LogP contribution in [0, 0.1) is 0 Å². The van der Waals surface area contributed by atoms with Crippen LogP contribution in [0.2, 0.25) is 0 Å². The normalized spacial score (nSPS) is 11.8. The van der Waals surface area contributed by atoms with Crippen LogP contribution < -0.4 is 10.4 Å². The molecule has 3 heteroatoms. The molecule has 0 aliphatic heterocycles. The van der Waals surface area contributed by atoms with Crippen molar-refractivity contribution in [1.29, 1.82) is 0 Å². The van der Waals surface area contributed by atoms with Crippen molar-refractivity contribution < 1.29 is 0 Å². The highest BCUT2D eigenvalue weighted by Crippen LogP contribution is 2.42. The fourth-order valence-electron chi connectivity index (χ4n) is 3.62. The predicted molar refractivity (Wildman–Crippen MR) is 123 cm³/mol. The first-order chi connectivity index (χ1) is 12.7. The van der Waals surface area contributed by atoms with Crippen LogP contribution in [0.15, 0.2) is 72.8 Å². The summed E-state index contributed by atoms with van der Waals surface area (Å²) in [5, 5.41) is 10.4. The molecule has 1 unspecified atom stereocenters. The summed E-state index contributed by atoms with van der Waals surface area (Å²) in [6.45, 7) is 6.80. The van der Waals surface area contributed by atoms with Gasteiger partial charge in [-0.15, -0.1) is 0 Å². The summed E-state index contributed by atoms with van der Waals surface area (Å²) >= 11 is 0. The van der Waals surface area contributed by atoms with Gasteiger partial charge in [0.25, 0.3) is 0 Å². The second-order valence-corrected chi connectivity index (χ2v) is 9.73. The van der Waals surface area contributed by atoms with E-state index >= 15 is 0 Å². The van der Waals surface area contributed by atoms with Crippen molar-refractivity contribution in [3.63, 3.8) is 0 Å². The molecule has 0 amide bonds. The first kappa shape index (κ1) is 17.5. The first-order valence-corrected chi connectivity index (χ1v) is 12.6. The van der Waals surface area contributed by atoms with Crippen LogP contribution in [0.25, 0.3) is 32.7 Å². The molecule has 1 atom stereocenters. The van der Waals surface area contributed by atoms with Gasteiger partial charge in [0.15, 0.2) is 0 Å². The van der Waals surface area contributed by atoms with Gasteiger partial charge >= 0.3 is 0 Å². The molecule has 0 saturated carbocycles. The average Bonchev–Trinajstić information content (AvgIpc) is 2.67. The maximum atomic E-state index is 3.75. The highest BCUT2D eigenvalue weighted by Gasteiger charge is 2.16. The van der Waals surface area contributed by atoms with Crippen LogP contribution in [0.4, 0.5) is 5.69 Å². The SMILES string of the molecule is CPc1ccc2ccccc2c1-c1c(NP(C)C)ccc2ccccc12. The van der Waals surface area contributed by atoms with Gasteiger partial charge in [0.05, 0.1) is 0 Å². The Morgan fingerprint density at radius 1 is 0.692 bits per heavy atom. The third kappa shape index (κ3) is 3.11. The Kier molecular flexibility index (Phi) is 4.94.